The highest BCUT2D eigenvalue weighted by Crippen LogP contribution is 2.36. The van der Waals surface area contributed by atoms with Gasteiger partial charge in [-0.1, -0.05) is 69.2 Å². The third kappa shape index (κ3) is 25.2. The van der Waals surface area contributed by atoms with Crippen molar-refractivity contribution >= 4 is 28.4 Å². The van der Waals surface area contributed by atoms with Gasteiger partial charge in [-0.2, -0.15) is 0 Å². The monoisotopic (exact) mass is 1440 g/mol. The number of anilines is 5. The molecule has 19 heteroatoms. The third-order valence-corrected chi connectivity index (χ3v) is 23.0. The second kappa shape index (κ2) is 40.5. The van der Waals surface area contributed by atoms with Gasteiger partial charge in [0.25, 0.3) is 0 Å². The van der Waals surface area contributed by atoms with E-state index in [0.717, 1.165) is 85.9 Å². The number of aliphatic hydroxyl groups excluding tert-OH is 2. The number of nitrogens with zero attached hydrogens (tertiary/aromatic N) is 15. The third-order valence-electron chi connectivity index (χ3n) is 23.0. The number of pyridine rings is 5. The Kier molecular flexibility index (Phi) is 34.0. The summed E-state index contributed by atoms with van der Waals surface area (Å²) in [5, 5.41) is 19.6. The van der Waals surface area contributed by atoms with Crippen LogP contribution in [0.2, 0.25) is 0 Å². The van der Waals surface area contributed by atoms with E-state index in [1.807, 2.05) is 40.3 Å². The Labute approximate surface area is 630 Å². The summed E-state index contributed by atoms with van der Waals surface area (Å²) >= 11 is 0. The van der Waals surface area contributed by atoms with Crippen LogP contribution in [-0.2, 0) is 13.1 Å². The van der Waals surface area contributed by atoms with E-state index in [1.165, 1.54) is 79.2 Å². The van der Waals surface area contributed by atoms with Crippen LogP contribution in [0.4, 0.5) is 37.2 Å². The average Bonchev–Trinajstić information content (AvgIpc) is 0.751. The van der Waals surface area contributed by atoms with Crippen molar-refractivity contribution in [3.8, 4) is 0 Å². The molecule has 0 spiro atoms. The maximum atomic E-state index is 13.4. The fourth-order valence-corrected chi connectivity index (χ4v) is 14.5. The van der Waals surface area contributed by atoms with Crippen molar-refractivity contribution in [1.29, 1.82) is 0 Å². The molecule has 104 heavy (non-hydrogen) atoms. The Hall–Kier alpha value is -5.67. The van der Waals surface area contributed by atoms with Gasteiger partial charge in [0.1, 0.15) is 24.6 Å². The highest BCUT2D eigenvalue weighted by atomic mass is 19.1. The van der Waals surface area contributed by atoms with Gasteiger partial charge in [0, 0.05) is 124 Å². The average molecular weight is 1450 g/mol. The summed E-state index contributed by atoms with van der Waals surface area (Å²) in [6, 6.07) is 22.1. The molecule has 5 aromatic heterocycles. The van der Waals surface area contributed by atoms with Gasteiger partial charge in [-0.25, -0.2) is 8.78 Å². The zero-order valence-corrected chi connectivity index (χ0v) is 69.5. The molecule has 0 bridgehead atoms. The molecule has 17 nitrogen and oxygen atoms in total. The Morgan fingerprint density at radius 1 is 0.404 bits per heavy atom. The summed E-state index contributed by atoms with van der Waals surface area (Å²) in [5.41, 5.74) is 14.0. The van der Waals surface area contributed by atoms with Gasteiger partial charge in [0.05, 0.1) is 58.4 Å². The van der Waals surface area contributed by atoms with Crippen molar-refractivity contribution in [1.82, 2.24) is 49.4 Å². The van der Waals surface area contributed by atoms with Crippen LogP contribution in [-0.4, -0.2) is 237 Å². The Morgan fingerprint density at radius 3 is 1.00 bits per heavy atom. The number of piperidine rings is 5. The lowest BCUT2D eigenvalue weighted by molar-refractivity contribution is 0.0644. The summed E-state index contributed by atoms with van der Waals surface area (Å²) in [5.74, 6) is 4.42. The molecule has 5 saturated heterocycles. The summed E-state index contributed by atoms with van der Waals surface area (Å²) in [4.78, 5) is 46.3. The molecule has 584 valence electrons. The lowest BCUT2D eigenvalue weighted by Gasteiger charge is -2.45. The maximum absolute atomic E-state index is 13.4. The normalized spacial score (nSPS) is 21.7. The van der Waals surface area contributed by atoms with Crippen molar-refractivity contribution in [3.05, 3.63) is 119 Å². The zero-order chi connectivity index (χ0) is 77.1. The van der Waals surface area contributed by atoms with Crippen LogP contribution in [0.25, 0.3) is 0 Å². The van der Waals surface area contributed by atoms with Crippen molar-refractivity contribution in [3.63, 3.8) is 0 Å². The van der Waals surface area contributed by atoms with Crippen LogP contribution in [0.5, 0.6) is 0 Å². The zero-order valence-electron chi connectivity index (χ0n) is 69.5. The van der Waals surface area contributed by atoms with Crippen LogP contribution >= 0.6 is 0 Å². The van der Waals surface area contributed by atoms with E-state index in [2.05, 4.69) is 277 Å². The number of β-amino-alcohol motifs (C(OH)–C–C–N with tert-alkyl or cyclic N) is 2. The van der Waals surface area contributed by atoms with E-state index in [4.69, 9.17) is 9.97 Å². The van der Waals surface area contributed by atoms with Crippen LogP contribution < -0.4 is 24.5 Å². The number of aliphatic hydroxyl groups is 2. The molecule has 10 heterocycles. The van der Waals surface area contributed by atoms with Crippen molar-refractivity contribution in [2.24, 2.45) is 17.8 Å². The second-order valence-electron chi connectivity index (χ2n) is 34.3. The first-order valence-corrected chi connectivity index (χ1v) is 39.5. The van der Waals surface area contributed by atoms with Crippen molar-refractivity contribution in [2.45, 2.75) is 240 Å². The Balaban J connectivity index is 0.000000204. The van der Waals surface area contributed by atoms with E-state index in [9.17, 15) is 19.0 Å². The molecule has 8 atom stereocenters. The minimum Gasteiger partial charge on any atom is -0.388 e. The quantitative estimate of drug-likeness (QED) is 0.0764. The highest BCUT2D eigenvalue weighted by Gasteiger charge is 2.37. The standard InChI is InChI=1S/2C18H31N3.C17H29N3.2C16H26FN3O/c2*1-14(2)17-10-9-16(12-19-17)21-11-7-8-15(13-21)18(3,4)20(5)6;1-13(2)17-9-8-16(11-18-17)20-10-6-7-15(12-20)14(3)19(4)5;2*1-11(2)13-5-6-15(14(18-13)9-19(3)4)20-8-7-12(17)16(21)10-20/h2*9-10,12,14-15H,7-8,11,13H2,1-6H3;8-9,11,13-15H,6-7,10,12H2,1-5H3;2*5-6,11-12,16,21H,7-10H2,1-4H3/t15-;;14?,15-;12-,16+;12-,16-/m1.010/s1. The lowest BCUT2D eigenvalue weighted by Crippen LogP contribution is -2.51. The van der Waals surface area contributed by atoms with Gasteiger partial charge in [-0.05, 0) is 264 Å². The number of halogens is 2. The fourth-order valence-electron chi connectivity index (χ4n) is 14.5. The molecule has 2 N–H and O–H groups in total. The van der Waals surface area contributed by atoms with Gasteiger partial charge >= 0.3 is 0 Å². The first kappa shape index (κ1) is 87.2. The molecule has 2 unspecified atom stereocenters. The van der Waals surface area contributed by atoms with E-state index >= 15 is 0 Å². The van der Waals surface area contributed by atoms with Gasteiger partial charge in [-0.15, -0.1) is 0 Å². The molecular formula is C85H143F2N15O2. The largest absolute Gasteiger partial charge is 0.388 e. The number of rotatable bonds is 20. The van der Waals surface area contributed by atoms with Crippen molar-refractivity contribution in [2.75, 3.05) is 160 Å². The second-order valence-corrected chi connectivity index (χ2v) is 34.3. The molecule has 0 saturated carbocycles. The Morgan fingerprint density at radius 2 is 0.721 bits per heavy atom. The maximum Gasteiger partial charge on any atom is 0.129 e. The summed E-state index contributed by atoms with van der Waals surface area (Å²) in [6.45, 7) is 43.7. The summed E-state index contributed by atoms with van der Waals surface area (Å²) in [7, 11) is 21.2. The first-order chi connectivity index (χ1) is 48.9. The van der Waals surface area contributed by atoms with E-state index in [-0.39, 0.29) is 11.1 Å². The van der Waals surface area contributed by atoms with Crippen LogP contribution in [0, 0.1) is 17.8 Å². The van der Waals surface area contributed by atoms with Gasteiger partial charge in [0.2, 0.25) is 0 Å². The van der Waals surface area contributed by atoms with E-state index < -0.39 is 24.6 Å². The van der Waals surface area contributed by atoms with Gasteiger partial charge < -0.3 is 59.2 Å². The predicted molar refractivity (Wildman–Crippen MR) is 435 cm³/mol. The fraction of sp³-hybridized carbons (Fsp3) is 0.706. The number of aromatic nitrogens is 5. The minimum atomic E-state index is -1.11. The smallest absolute Gasteiger partial charge is 0.129 e. The summed E-state index contributed by atoms with van der Waals surface area (Å²) in [6.07, 6.45) is 10.7. The molecule has 5 aliphatic heterocycles. The molecular weight excluding hydrogens is 1300 g/mol. The summed E-state index contributed by atoms with van der Waals surface area (Å²) < 4.78 is 26.9. The molecule has 0 radical (unpaired) electrons. The first-order valence-electron chi connectivity index (χ1n) is 39.5. The number of hydrogen-bond acceptors (Lipinski definition) is 17. The predicted octanol–water partition coefficient (Wildman–Crippen LogP) is 15.2. The number of alkyl halides is 2. The molecule has 5 fully saturated rings. The van der Waals surface area contributed by atoms with Crippen LogP contribution in [0.1, 0.15) is 225 Å². The highest BCUT2D eigenvalue weighted by molar-refractivity contribution is 5.54. The molecule has 10 rings (SSSR count). The molecule has 5 aromatic rings. The van der Waals surface area contributed by atoms with E-state index in [1.54, 1.807) is 0 Å². The minimum absolute atomic E-state index is 0.240. The number of hydrogen-bond donors (Lipinski definition) is 2. The topological polar surface area (TPSA) is 137 Å². The lowest BCUT2D eigenvalue weighted by atomic mass is 9.80. The SMILES string of the molecule is CC(C)c1ccc(N2CCCC(C(C)(C)N(C)C)C2)cn1.CC(C)c1ccc(N2CCC[C@@H](C(C)(C)N(C)C)C2)cn1.CC(C)c1ccc(N2CCC[C@H](C(C)N(C)C)C2)cn1.CC(C)c1ccc(N2CC[C@@H](F)[C@@H](O)C2)c(CN(C)C)n1.CC(C)c1ccc(N2CC[C@H](F)[C@@H](O)C2)c(CN(C)C)n1. The van der Waals surface area contributed by atoms with E-state index in [0.29, 0.717) is 86.5 Å². The molecule has 0 amide bonds. The molecule has 0 aromatic carbocycles. The van der Waals surface area contributed by atoms with Crippen LogP contribution in [0.15, 0.2) is 79.3 Å². The van der Waals surface area contributed by atoms with Gasteiger partial charge in [0.15, 0.2) is 0 Å². The molecule has 0 aliphatic carbocycles. The van der Waals surface area contributed by atoms with Crippen molar-refractivity contribution < 1.29 is 19.0 Å². The molecule has 5 aliphatic rings. The van der Waals surface area contributed by atoms with Gasteiger partial charge in [-0.3, -0.25) is 24.9 Å². The van der Waals surface area contributed by atoms with Crippen LogP contribution in [0.3, 0.4) is 0 Å². The Bertz CT molecular complexity index is 3100.